The Hall–Kier alpha value is -2.16. The highest BCUT2D eigenvalue weighted by atomic mass is 35.5. The number of hydrogen-bond acceptors (Lipinski definition) is 5. The van der Waals surface area contributed by atoms with Crippen molar-refractivity contribution < 1.29 is 19.1 Å². The van der Waals surface area contributed by atoms with E-state index < -0.39 is 12.0 Å². The number of thiol groups is 1. The molecule has 2 unspecified atom stereocenters. The second-order valence-electron chi connectivity index (χ2n) is 7.91. The zero-order valence-electron chi connectivity index (χ0n) is 16.9. The Morgan fingerprint density at radius 1 is 1.29 bits per heavy atom. The number of carbonyl (C=O) groups is 2. The smallest absolute Gasteiger partial charge is 0.338 e. The number of allylic oxidation sites excluding steroid dienone is 1. The lowest BCUT2D eigenvalue weighted by atomic mass is 9.93. The normalized spacial score (nSPS) is 21.5. The van der Waals surface area contributed by atoms with Crippen molar-refractivity contribution >= 4 is 36.8 Å². The van der Waals surface area contributed by atoms with Crippen LogP contribution in [0.3, 0.4) is 0 Å². The Morgan fingerprint density at radius 2 is 2.03 bits per heavy atom. The van der Waals surface area contributed by atoms with Crippen LogP contribution in [0.25, 0.3) is 0 Å². The summed E-state index contributed by atoms with van der Waals surface area (Å²) in [4.78, 5) is 26.1. The van der Waals surface area contributed by atoms with E-state index in [-0.39, 0.29) is 40.7 Å². The number of benzene rings is 1. The summed E-state index contributed by atoms with van der Waals surface area (Å²) in [5, 5.41) is 13.1. The lowest BCUT2D eigenvalue weighted by molar-refractivity contribution is -0.126. The molecule has 0 radical (unpaired) electrons. The lowest BCUT2D eigenvalue weighted by Crippen LogP contribution is -2.42. The fourth-order valence-electron chi connectivity index (χ4n) is 3.92. The average Bonchev–Trinajstić information content (AvgIpc) is 3.47. The minimum Gasteiger partial charge on any atom is -0.478 e. The summed E-state index contributed by atoms with van der Waals surface area (Å²) in [6.45, 7) is 1.58. The second kappa shape index (κ2) is 9.97. The zero-order chi connectivity index (χ0) is 21.3. The van der Waals surface area contributed by atoms with E-state index in [4.69, 9.17) is 5.11 Å². The van der Waals surface area contributed by atoms with Gasteiger partial charge in [0.25, 0.3) is 0 Å². The highest BCUT2D eigenvalue weighted by Crippen LogP contribution is 2.39. The van der Waals surface area contributed by atoms with E-state index in [9.17, 15) is 14.0 Å². The molecule has 0 bridgehead atoms. The first kappa shape index (κ1) is 23.5. The van der Waals surface area contributed by atoms with Crippen LogP contribution >= 0.6 is 25.0 Å². The van der Waals surface area contributed by atoms with Gasteiger partial charge in [0.05, 0.1) is 24.3 Å². The van der Waals surface area contributed by atoms with Crippen LogP contribution in [0.15, 0.2) is 48.3 Å². The zero-order valence-corrected chi connectivity index (χ0v) is 18.6. The predicted molar refractivity (Wildman–Crippen MR) is 120 cm³/mol. The monoisotopic (exact) mass is 465 g/mol. The van der Waals surface area contributed by atoms with Gasteiger partial charge in [0.15, 0.2) is 5.78 Å². The van der Waals surface area contributed by atoms with Gasteiger partial charge in [-0.2, -0.15) is 17.7 Å². The molecule has 2 heterocycles. The molecule has 0 amide bonds. The number of halogens is 2. The van der Waals surface area contributed by atoms with Crippen molar-refractivity contribution in [3.8, 4) is 0 Å². The Bertz CT molecular complexity index is 992. The van der Waals surface area contributed by atoms with Gasteiger partial charge in [0.1, 0.15) is 5.82 Å². The summed E-state index contributed by atoms with van der Waals surface area (Å²) < 4.78 is 16.1. The Kier molecular flexibility index (Phi) is 7.56. The topological polar surface area (TPSA) is 75.4 Å². The molecule has 2 atom stereocenters. The van der Waals surface area contributed by atoms with E-state index in [0.717, 1.165) is 24.8 Å². The maximum atomic E-state index is 14.6. The number of aromatic carboxylic acids is 1. The predicted octanol–water partition coefficient (Wildman–Crippen LogP) is 3.79. The molecule has 4 rings (SSSR count). The largest absolute Gasteiger partial charge is 0.478 e. The number of carboxylic acid groups (broad SMARTS) is 1. The number of ketones is 1. The molecule has 31 heavy (non-hydrogen) atoms. The van der Waals surface area contributed by atoms with Crippen molar-refractivity contribution in [2.45, 2.75) is 37.1 Å². The van der Waals surface area contributed by atoms with Crippen LogP contribution in [-0.2, 0) is 11.3 Å². The van der Waals surface area contributed by atoms with Gasteiger partial charge in [0.2, 0.25) is 0 Å². The molecule has 2 aliphatic rings. The van der Waals surface area contributed by atoms with Crippen molar-refractivity contribution in [1.82, 2.24) is 14.7 Å². The molecule has 9 heteroatoms. The molecule has 1 saturated heterocycles. The quantitative estimate of drug-likeness (QED) is 0.480. The number of hydrogen-bond donors (Lipinski definition) is 2. The number of likely N-dealkylation sites (tertiary alicyclic amines) is 1. The maximum Gasteiger partial charge on any atom is 0.338 e. The van der Waals surface area contributed by atoms with Gasteiger partial charge in [-0.1, -0.05) is 24.3 Å². The molecule has 1 aromatic heterocycles. The molecule has 1 aliphatic heterocycles. The van der Waals surface area contributed by atoms with Crippen LogP contribution in [-0.4, -0.2) is 49.9 Å². The van der Waals surface area contributed by atoms with Gasteiger partial charge in [-0.05, 0) is 30.9 Å². The SMILES string of the molecule is Cl.O=C(O)c1cnn(C/C=C2/CN(C(C(=O)C3CC3)c3ccccc3F)CCC2S)c1. The molecular formula is C22H25ClFN3O3S. The van der Waals surface area contributed by atoms with Crippen molar-refractivity contribution in [1.29, 1.82) is 0 Å². The van der Waals surface area contributed by atoms with Gasteiger partial charge < -0.3 is 5.11 Å². The fraction of sp³-hybridized carbons (Fsp3) is 0.409. The third-order valence-corrected chi connectivity index (χ3v) is 6.33. The van der Waals surface area contributed by atoms with Gasteiger partial charge in [-0.3, -0.25) is 14.4 Å². The molecule has 2 aromatic rings. The third kappa shape index (κ3) is 5.37. The highest BCUT2D eigenvalue weighted by Gasteiger charge is 2.40. The summed E-state index contributed by atoms with van der Waals surface area (Å²) in [5.74, 6) is -1.26. The molecule has 166 valence electrons. The van der Waals surface area contributed by atoms with Crippen molar-refractivity contribution in [3.05, 3.63) is 65.3 Å². The van der Waals surface area contributed by atoms with Crippen LogP contribution in [0.4, 0.5) is 4.39 Å². The fourth-order valence-corrected chi connectivity index (χ4v) is 4.22. The molecule has 2 fully saturated rings. The number of carbonyl (C=O) groups excluding carboxylic acids is 1. The number of piperidine rings is 1. The lowest BCUT2D eigenvalue weighted by Gasteiger charge is -2.37. The first-order valence-corrected chi connectivity index (χ1v) is 10.6. The summed E-state index contributed by atoms with van der Waals surface area (Å²) >= 11 is 4.68. The van der Waals surface area contributed by atoms with Gasteiger partial charge in [0, 0.05) is 36.0 Å². The van der Waals surface area contributed by atoms with Crippen molar-refractivity contribution in [2.75, 3.05) is 13.1 Å². The highest BCUT2D eigenvalue weighted by molar-refractivity contribution is 7.81. The minimum atomic E-state index is -1.02. The number of nitrogens with zero attached hydrogens (tertiary/aromatic N) is 3. The van der Waals surface area contributed by atoms with Crippen molar-refractivity contribution in [2.24, 2.45) is 5.92 Å². The van der Waals surface area contributed by atoms with Gasteiger partial charge in [-0.15, -0.1) is 12.4 Å². The molecule has 1 aromatic carbocycles. The van der Waals surface area contributed by atoms with E-state index >= 15 is 0 Å². The molecule has 1 saturated carbocycles. The van der Waals surface area contributed by atoms with Crippen LogP contribution in [0.1, 0.15) is 41.2 Å². The first-order chi connectivity index (χ1) is 14.4. The summed E-state index contributed by atoms with van der Waals surface area (Å²) in [6, 6.07) is 5.92. The van der Waals surface area contributed by atoms with Crippen LogP contribution in [0, 0.1) is 11.7 Å². The van der Waals surface area contributed by atoms with E-state index in [1.54, 1.807) is 22.9 Å². The molecule has 1 N–H and O–H groups in total. The van der Waals surface area contributed by atoms with E-state index in [1.165, 1.54) is 18.5 Å². The average molecular weight is 466 g/mol. The Labute approximate surface area is 191 Å². The van der Waals surface area contributed by atoms with Crippen molar-refractivity contribution in [3.63, 3.8) is 0 Å². The maximum absolute atomic E-state index is 14.6. The number of Topliss-reactive ketones (excluding diaryl/α,β-unsaturated/α-hetero) is 1. The number of rotatable bonds is 7. The standard InChI is InChI=1S/C22H24FN3O3S.ClH/c23-18-4-2-1-3-17(18)20(21(27)14-5-6-14)25-9-8-19(30)15(12-25)7-10-26-13-16(11-24-26)22(28)29;/h1-4,7,11,13-14,19-20,30H,5-6,8-10,12H2,(H,28,29);1H/b15-7-;. The summed E-state index contributed by atoms with van der Waals surface area (Å²) in [7, 11) is 0. The van der Waals surface area contributed by atoms with E-state index in [2.05, 4.69) is 17.7 Å². The van der Waals surface area contributed by atoms with Gasteiger partial charge >= 0.3 is 5.97 Å². The number of carboxylic acids is 1. The van der Waals surface area contributed by atoms with Crippen LogP contribution in [0.5, 0.6) is 0 Å². The molecule has 0 spiro atoms. The van der Waals surface area contributed by atoms with E-state index in [0.29, 0.717) is 25.2 Å². The van der Waals surface area contributed by atoms with E-state index in [1.807, 2.05) is 11.0 Å². The van der Waals surface area contributed by atoms with Gasteiger partial charge in [-0.25, -0.2) is 9.18 Å². The summed E-state index contributed by atoms with van der Waals surface area (Å²) in [6.07, 6.45) is 7.27. The minimum absolute atomic E-state index is 0. The Morgan fingerprint density at radius 3 is 2.68 bits per heavy atom. The Balaban J connectivity index is 0.00000272. The van der Waals surface area contributed by atoms with Crippen LogP contribution < -0.4 is 0 Å². The van der Waals surface area contributed by atoms with Crippen LogP contribution in [0.2, 0.25) is 0 Å². The number of aromatic nitrogens is 2. The first-order valence-electron chi connectivity index (χ1n) is 10.1. The third-order valence-electron chi connectivity index (χ3n) is 5.74. The second-order valence-corrected chi connectivity index (χ2v) is 8.53. The molecular weight excluding hydrogens is 441 g/mol. The molecule has 6 nitrogen and oxygen atoms in total. The summed E-state index contributed by atoms with van der Waals surface area (Å²) in [5.41, 5.74) is 1.60. The molecule has 1 aliphatic carbocycles.